The molecule has 2 heterocycles. The number of nitrogens with zero attached hydrogens (tertiary/aromatic N) is 1. The molecule has 2 aliphatic heterocycles. The fourth-order valence-corrected chi connectivity index (χ4v) is 4.84. The number of aliphatic hydroxyl groups is 1. The van der Waals surface area contributed by atoms with Crippen LogP contribution in [0.2, 0.25) is 0 Å². The second-order valence-electron chi connectivity index (χ2n) is 9.22. The van der Waals surface area contributed by atoms with E-state index in [9.17, 15) is 19.5 Å². The van der Waals surface area contributed by atoms with Gasteiger partial charge in [0.2, 0.25) is 0 Å². The Bertz CT molecular complexity index is 1410. The number of amides is 1. The Balaban J connectivity index is 1.62. The van der Waals surface area contributed by atoms with E-state index in [-0.39, 0.29) is 29.6 Å². The SMILES string of the molecule is CCCOC(=O)c1cccc(N2C(=O)C(=O)/C(=C(\O)c3ccc4c(c3)CC(C)O4)C2c2ccccc2)c1. The molecule has 7 nitrogen and oxygen atoms in total. The van der Waals surface area contributed by atoms with Gasteiger partial charge >= 0.3 is 5.97 Å². The molecule has 188 valence electrons. The molecule has 0 bridgehead atoms. The molecular weight excluding hydrogens is 470 g/mol. The monoisotopic (exact) mass is 497 g/mol. The van der Waals surface area contributed by atoms with Crippen LogP contribution in [0.4, 0.5) is 5.69 Å². The third kappa shape index (κ3) is 4.48. The average molecular weight is 498 g/mol. The van der Waals surface area contributed by atoms with Gasteiger partial charge in [-0.1, -0.05) is 43.3 Å². The van der Waals surface area contributed by atoms with Crippen LogP contribution in [0.1, 0.15) is 53.4 Å². The van der Waals surface area contributed by atoms with Crippen LogP contribution >= 0.6 is 0 Å². The van der Waals surface area contributed by atoms with E-state index in [2.05, 4.69) is 0 Å². The lowest BCUT2D eigenvalue weighted by Crippen LogP contribution is -2.29. The van der Waals surface area contributed by atoms with Gasteiger partial charge in [0, 0.05) is 17.7 Å². The van der Waals surface area contributed by atoms with Crippen molar-refractivity contribution >= 4 is 29.1 Å². The van der Waals surface area contributed by atoms with Crippen molar-refractivity contribution in [2.75, 3.05) is 11.5 Å². The van der Waals surface area contributed by atoms with E-state index in [0.717, 1.165) is 11.3 Å². The topological polar surface area (TPSA) is 93.1 Å². The summed E-state index contributed by atoms with van der Waals surface area (Å²) in [5, 5.41) is 11.4. The van der Waals surface area contributed by atoms with Crippen LogP contribution in [0.15, 0.2) is 78.4 Å². The molecule has 2 aliphatic rings. The minimum absolute atomic E-state index is 0.0120. The molecule has 7 heteroatoms. The van der Waals surface area contributed by atoms with Crippen molar-refractivity contribution in [2.45, 2.75) is 38.8 Å². The second-order valence-corrected chi connectivity index (χ2v) is 9.22. The van der Waals surface area contributed by atoms with Gasteiger partial charge in [-0.25, -0.2) is 4.79 Å². The van der Waals surface area contributed by atoms with Crippen LogP contribution in [-0.4, -0.2) is 35.5 Å². The molecule has 2 atom stereocenters. The number of anilines is 1. The largest absolute Gasteiger partial charge is 0.507 e. The molecule has 0 radical (unpaired) electrons. The lowest BCUT2D eigenvalue weighted by atomic mass is 9.94. The molecule has 5 rings (SSSR count). The fourth-order valence-electron chi connectivity index (χ4n) is 4.84. The second kappa shape index (κ2) is 9.93. The van der Waals surface area contributed by atoms with Crippen LogP contribution in [0, 0.1) is 0 Å². The van der Waals surface area contributed by atoms with Crippen LogP contribution in [0.25, 0.3) is 5.76 Å². The Kier molecular flexibility index (Phi) is 6.53. The molecule has 0 spiro atoms. The molecule has 2 unspecified atom stereocenters. The molecule has 0 aromatic heterocycles. The van der Waals surface area contributed by atoms with Crippen molar-refractivity contribution in [3.05, 3.63) is 101 Å². The molecule has 1 N–H and O–H groups in total. The number of esters is 1. The number of ether oxygens (including phenoxy) is 2. The summed E-state index contributed by atoms with van der Waals surface area (Å²) in [4.78, 5) is 40.6. The zero-order valence-electron chi connectivity index (χ0n) is 20.6. The van der Waals surface area contributed by atoms with Crippen molar-refractivity contribution in [2.24, 2.45) is 0 Å². The summed E-state index contributed by atoms with van der Waals surface area (Å²) in [6, 6.07) is 19.9. The van der Waals surface area contributed by atoms with Crippen molar-refractivity contribution in [1.29, 1.82) is 0 Å². The van der Waals surface area contributed by atoms with Crippen LogP contribution in [0.5, 0.6) is 5.75 Å². The number of benzene rings is 3. The van der Waals surface area contributed by atoms with E-state index >= 15 is 0 Å². The lowest BCUT2D eigenvalue weighted by molar-refractivity contribution is -0.132. The number of hydrogen-bond donors (Lipinski definition) is 1. The van der Waals surface area contributed by atoms with Crippen molar-refractivity contribution in [1.82, 2.24) is 0 Å². The van der Waals surface area contributed by atoms with Gasteiger partial charge in [0.1, 0.15) is 17.6 Å². The number of fused-ring (bicyclic) bond motifs is 1. The van der Waals surface area contributed by atoms with Gasteiger partial charge in [-0.05, 0) is 60.9 Å². The third-order valence-electron chi connectivity index (χ3n) is 6.53. The van der Waals surface area contributed by atoms with E-state index < -0.39 is 23.7 Å². The highest BCUT2D eigenvalue weighted by atomic mass is 16.5. The predicted octanol–water partition coefficient (Wildman–Crippen LogP) is 5.20. The van der Waals surface area contributed by atoms with E-state index in [1.54, 1.807) is 48.5 Å². The highest BCUT2D eigenvalue weighted by molar-refractivity contribution is 6.51. The number of carbonyl (C=O) groups excluding carboxylic acids is 3. The smallest absolute Gasteiger partial charge is 0.338 e. The Morgan fingerprint density at radius 2 is 1.81 bits per heavy atom. The zero-order chi connectivity index (χ0) is 26.1. The first-order valence-corrected chi connectivity index (χ1v) is 12.3. The van der Waals surface area contributed by atoms with Crippen LogP contribution in [-0.2, 0) is 20.7 Å². The predicted molar refractivity (Wildman–Crippen MR) is 138 cm³/mol. The Morgan fingerprint density at radius 1 is 1.03 bits per heavy atom. The standard InChI is InChI=1S/C30H27NO6/c1-3-14-36-30(35)21-10-7-11-23(17-21)31-26(19-8-5-4-6-9-19)25(28(33)29(31)34)27(32)20-12-13-24-22(16-20)15-18(2)37-24/h4-13,16-18,26,32H,3,14-15H2,1-2H3/b27-25-. The minimum atomic E-state index is -0.883. The average Bonchev–Trinajstić information content (AvgIpc) is 3.42. The zero-order valence-corrected chi connectivity index (χ0v) is 20.6. The summed E-state index contributed by atoms with van der Waals surface area (Å²) in [6.45, 7) is 4.15. The normalized spacial score (nSPS) is 20.0. The van der Waals surface area contributed by atoms with Gasteiger partial charge in [0.15, 0.2) is 0 Å². The van der Waals surface area contributed by atoms with Gasteiger partial charge in [0.25, 0.3) is 11.7 Å². The van der Waals surface area contributed by atoms with Gasteiger partial charge < -0.3 is 14.6 Å². The first kappa shape index (κ1) is 24.3. The van der Waals surface area contributed by atoms with E-state index in [4.69, 9.17) is 9.47 Å². The lowest BCUT2D eigenvalue weighted by Gasteiger charge is -2.25. The molecule has 3 aromatic rings. The number of hydrogen-bond acceptors (Lipinski definition) is 6. The summed E-state index contributed by atoms with van der Waals surface area (Å²) in [7, 11) is 0. The maximum absolute atomic E-state index is 13.4. The number of Topliss-reactive ketones (excluding diaryl/α,β-unsaturated/α-hetero) is 1. The molecule has 37 heavy (non-hydrogen) atoms. The van der Waals surface area contributed by atoms with Crippen molar-refractivity contribution in [3.63, 3.8) is 0 Å². The van der Waals surface area contributed by atoms with E-state index in [1.807, 2.05) is 32.0 Å². The van der Waals surface area contributed by atoms with Gasteiger partial charge in [-0.3, -0.25) is 14.5 Å². The first-order chi connectivity index (χ1) is 17.9. The maximum Gasteiger partial charge on any atom is 0.338 e. The fraction of sp³-hybridized carbons (Fsp3) is 0.233. The Hall–Kier alpha value is -4.39. The molecule has 1 saturated heterocycles. The number of ketones is 1. The van der Waals surface area contributed by atoms with Gasteiger partial charge in [-0.15, -0.1) is 0 Å². The summed E-state index contributed by atoms with van der Waals surface area (Å²) in [5.74, 6) is -1.60. The highest BCUT2D eigenvalue weighted by Gasteiger charge is 2.47. The van der Waals surface area contributed by atoms with Gasteiger partial charge in [0.05, 0.1) is 23.8 Å². The minimum Gasteiger partial charge on any atom is -0.507 e. The third-order valence-corrected chi connectivity index (χ3v) is 6.53. The summed E-state index contributed by atoms with van der Waals surface area (Å²) >= 11 is 0. The maximum atomic E-state index is 13.4. The van der Waals surface area contributed by atoms with Crippen molar-refractivity contribution < 1.29 is 29.0 Å². The number of carbonyl (C=O) groups is 3. The van der Waals surface area contributed by atoms with Crippen molar-refractivity contribution in [3.8, 4) is 5.75 Å². The quantitative estimate of drug-likeness (QED) is 0.218. The molecule has 1 amide bonds. The van der Waals surface area contributed by atoms with Crippen LogP contribution < -0.4 is 9.64 Å². The van der Waals surface area contributed by atoms with E-state index in [0.29, 0.717) is 29.7 Å². The Morgan fingerprint density at radius 3 is 2.57 bits per heavy atom. The number of rotatable bonds is 6. The van der Waals surface area contributed by atoms with Crippen LogP contribution in [0.3, 0.4) is 0 Å². The summed E-state index contributed by atoms with van der Waals surface area (Å²) < 4.78 is 11.0. The van der Waals surface area contributed by atoms with Gasteiger partial charge in [-0.2, -0.15) is 0 Å². The molecule has 0 saturated carbocycles. The molecule has 3 aromatic carbocycles. The molecule has 1 fully saturated rings. The van der Waals surface area contributed by atoms with E-state index in [1.165, 1.54) is 11.0 Å². The summed E-state index contributed by atoms with van der Waals surface area (Å²) in [5.41, 5.74) is 2.64. The molecule has 0 aliphatic carbocycles. The Labute approximate surface area is 214 Å². The highest BCUT2D eigenvalue weighted by Crippen LogP contribution is 2.43. The molecular formula is C30H27NO6. The first-order valence-electron chi connectivity index (χ1n) is 12.3. The number of aliphatic hydroxyl groups excluding tert-OH is 1. The summed E-state index contributed by atoms with van der Waals surface area (Å²) in [6.07, 6.45) is 1.40.